The Morgan fingerprint density at radius 1 is 1.11 bits per heavy atom. The zero-order valence-corrected chi connectivity index (χ0v) is 17.3. The fourth-order valence-electron chi connectivity index (χ4n) is 4.21. The highest BCUT2D eigenvalue weighted by Gasteiger charge is 2.34. The number of nitrogens with one attached hydrogen (secondary N) is 1. The lowest BCUT2D eigenvalue weighted by Crippen LogP contribution is -2.43. The molecule has 1 fully saturated rings. The third-order valence-electron chi connectivity index (χ3n) is 6.11. The van der Waals surface area contributed by atoms with Gasteiger partial charge in [0.05, 0.1) is 5.54 Å². The van der Waals surface area contributed by atoms with Gasteiger partial charge >= 0.3 is 0 Å². The first kappa shape index (κ1) is 19.9. The van der Waals surface area contributed by atoms with Gasteiger partial charge in [0.15, 0.2) is 0 Å². The molecule has 0 saturated heterocycles. The lowest BCUT2D eigenvalue weighted by Gasteiger charge is -2.36. The first-order valence-electron chi connectivity index (χ1n) is 10.5. The molecule has 0 aliphatic heterocycles. The van der Waals surface area contributed by atoms with Crippen LogP contribution in [0.3, 0.4) is 0 Å². The molecule has 1 nitrogen and oxygen atoms in total. The van der Waals surface area contributed by atoms with Gasteiger partial charge in [-0.05, 0) is 86.6 Å². The van der Waals surface area contributed by atoms with Crippen LogP contribution in [0, 0.1) is 18.8 Å². The van der Waals surface area contributed by atoms with E-state index < -0.39 is 0 Å². The average molecular weight is 362 g/mol. The monoisotopic (exact) mass is 361 g/mol. The van der Waals surface area contributed by atoms with Gasteiger partial charge in [0.1, 0.15) is 0 Å². The Morgan fingerprint density at radius 2 is 1.78 bits per heavy atom. The topological polar surface area (TPSA) is 12.0 Å². The van der Waals surface area contributed by atoms with Crippen molar-refractivity contribution in [1.82, 2.24) is 5.32 Å². The van der Waals surface area contributed by atoms with E-state index in [-0.39, 0.29) is 5.54 Å². The Hall–Kier alpha value is -1.86. The highest BCUT2D eigenvalue weighted by atomic mass is 15.0. The fraction of sp³-hybridized carbons (Fsp3) is 0.462. The van der Waals surface area contributed by atoms with Crippen molar-refractivity contribution in [3.63, 3.8) is 0 Å². The Labute approximate surface area is 165 Å². The predicted octanol–water partition coefficient (Wildman–Crippen LogP) is 6.40. The molecule has 2 aromatic carbocycles. The van der Waals surface area contributed by atoms with Crippen LogP contribution in [0.5, 0.6) is 0 Å². The Morgan fingerprint density at radius 3 is 2.44 bits per heavy atom. The number of allylic oxidation sites excluding steroid dienone is 1. The molecule has 1 aliphatic rings. The molecular formula is C26H35N. The van der Waals surface area contributed by atoms with Gasteiger partial charge in [0, 0.05) is 0 Å². The summed E-state index contributed by atoms with van der Waals surface area (Å²) in [4.78, 5) is 0. The van der Waals surface area contributed by atoms with Crippen LogP contribution in [0.15, 0.2) is 61.2 Å². The SMILES string of the molecule is C=CCC[C@@H](C)Cc1ccccc1[C@](C)(NCC1CC1)c1ccccc1C. The first-order chi connectivity index (χ1) is 13.0. The van der Waals surface area contributed by atoms with Gasteiger partial charge in [-0.2, -0.15) is 0 Å². The van der Waals surface area contributed by atoms with Gasteiger partial charge in [-0.1, -0.05) is 61.5 Å². The summed E-state index contributed by atoms with van der Waals surface area (Å²) in [5, 5.41) is 3.97. The van der Waals surface area contributed by atoms with Crippen LogP contribution < -0.4 is 5.32 Å². The third kappa shape index (κ3) is 4.90. The van der Waals surface area contributed by atoms with E-state index in [4.69, 9.17) is 0 Å². The molecule has 144 valence electrons. The van der Waals surface area contributed by atoms with Gasteiger partial charge in [0.25, 0.3) is 0 Å². The highest BCUT2D eigenvalue weighted by molar-refractivity contribution is 5.45. The second-order valence-corrected chi connectivity index (χ2v) is 8.60. The maximum absolute atomic E-state index is 3.97. The van der Waals surface area contributed by atoms with Gasteiger partial charge in [-0.3, -0.25) is 0 Å². The van der Waals surface area contributed by atoms with E-state index in [1.165, 1.54) is 41.5 Å². The summed E-state index contributed by atoms with van der Waals surface area (Å²) >= 11 is 0. The largest absolute Gasteiger partial charge is 0.304 e. The second kappa shape index (κ2) is 8.89. The van der Waals surface area contributed by atoms with Crippen LogP contribution in [0.1, 0.15) is 61.8 Å². The van der Waals surface area contributed by atoms with E-state index in [0.717, 1.165) is 25.3 Å². The van der Waals surface area contributed by atoms with Crippen LogP contribution in [-0.4, -0.2) is 6.54 Å². The zero-order valence-electron chi connectivity index (χ0n) is 17.3. The molecule has 1 N–H and O–H groups in total. The maximum atomic E-state index is 3.97. The second-order valence-electron chi connectivity index (χ2n) is 8.60. The molecule has 1 aliphatic carbocycles. The van der Waals surface area contributed by atoms with Crippen molar-refractivity contribution in [3.05, 3.63) is 83.4 Å². The van der Waals surface area contributed by atoms with Crippen LogP contribution >= 0.6 is 0 Å². The molecule has 1 heteroatoms. The van der Waals surface area contributed by atoms with Crippen LogP contribution in [0.2, 0.25) is 0 Å². The standard InChI is InChI=1S/C26H35N/c1-5-6-11-20(2)18-23-13-8-10-15-25(23)26(4,27-19-22-16-17-22)24-14-9-7-12-21(24)3/h5,7-10,12-15,20,22,27H,1,6,11,16-19H2,2-4H3/t20-,26-/m1/s1. The molecule has 0 aromatic heterocycles. The van der Waals surface area contributed by atoms with Crippen molar-refractivity contribution in [2.24, 2.45) is 11.8 Å². The number of hydrogen-bond acceptors (Lipinski definition) is 1. The third-order valence-corrected chi connectivity index (χ3v) is 6.11. The highest BCUT2D eigenvalue weighted by Crippen LogP contribution is 2.37. The summed E-state index contributed by atoms with van der Waals surface area (Å²) in [6.07, 6.45) is 8.20. The number of hydrogen-bond donors (Lipinski definition) is 1. The summed E-state index contributed by atoms with van der Waals surface area (Å²) in [7, 11) is 0. The van der Waals surface area contributed by atoms with Crippen molar-refractivity contribution < 1.29 is 0 Å². The quantitative estimate of drug-likeness (QED) is 0.483. The van der Waals surface area contributed by atoms with Gasteiger partial charge < -0.3 is 5.32 Å². The normalized spacial score (nSPS) is 17.3. The molecule has 0 spiro atoms. The summed E-state index contributed by atoms with van der Waals surface area (Å²) in [6, 6.07) is 17.9. The molecule has 0 radical (unpaired) electrons. The average Bonchev–Trinajstić information content (AvgIpc) is 3.50. The Balaban J connectivity index is 1.96. The minimum Gasteiger partial charge on any atom is -0.304 e. The maximum Gasteiger partial charge on any atom is 0.0667 e. The van der Waals surface area contributed by atoms with Gasteiger partial charge in [-0.25, -0.2) is 0 Å². The number of aryl methyl sites for hydroxylation is 1. The molecule has 2 atom stereocenters. The van der Waals surface area contributed by atoms with Crippen molar-refractivity contribution in [2.75, 3.05) is 6.54 Å². The zero-order chi connectivity index (χ0) is 19.3. The molecule has 0 unspecified atom stereocenters. The van der Waals surface area contributed by atoms with Crippen LogP contribution in [0.4, 0.5) is 0 Å². The number of benzene rings is 2. The van der Waals surface area contributed by atoms with Crippen molar-refractivity contribution in [2.45, 2.75) is 58.4 Å². The van der Waals surface area contributed by atoms with E-state index in [0.29, 0.717) is 5.92 Å². The van der Waals surface area contributed by atoms with Gasteiger partial charge in [-0.15, -0.1) is 6.58 Å². The molecule has 1 saturated carbocycles. The number of rotatable bonds is 10. The fourth-order valence-corrected chi connectivity index (χ4v) is 4.21. The van der Waals surface area contributed by atoms with Crippen LogP contribution in [0.25, 0.3) is 0 Å². The van der Waals surface area contributed by atoms with E-state index in [2.05, 4.69) is 81.2 Å². The smallest absolute Gasteiger partial charge is 0.0667 e. The van der Waals surface area contributed by atoms with Crippen molar-refractivity contribution in [3.8, 4) is 0 Å². The van der Waals surface area contributed by atoms with E-state index in [9.17, 15) is 0 Å². The minimum absolute atomic E-state index is 0.150. The summed E-state index contributed by atoms with van der Waals surface area (Å²) in [6.45, 7) is 12.0. The molecule has 0 heterocycles. The molecule has 2 aromatic rings. The van der Waals surface area contributed by atoms with Crippen LogP contribution in [-0.2, 0) is 12.0 Å². The first-order valence-corrected chi connectivity index (χ1v) is 10.5. The van der Waals surface area contributed by atoms with Gasteiger partial charge in [0.2, 0.25) is 0 Å². The Kier molecular flexibility index (Phi) is 6.55. The molecule has 3 rings (SSSR count). The Bertz CT molecular complexity index is 758. The summed E-state index contributed by atoms with van der Waals surface area (Å²) in [5.41, 5.74) is 5.52. The van der Waals surface area contributed by atoms with E-state index in [1.807, 2.05) is 6.08 Å². The summed E-state index contributed by atoms with van der Waals surface area (Å²) in [5.74, 6) is 1.51. The summed E-state index contributed by atoms with van der Waals surface area (Å²) < 4.78 is 0. The lowest BCUT2D eigenvalue weighted by molar-refractivity contribution is 0.418. The predicted molar refractivity (Wildman–Crippen MR) is 117 cm³/mol. The van der Waals surface area contributed by atoms with E-state index in [1.54, 1.807) is 0 Å². The molecule has 0 amide bonds. The molecule has 0 bridgehead atoms. The molecule has 27 heavy (non-hydrogen) atoms. The minimum atomic E-state index is -0.150. The van der Waals surface area contributed by atoms with Crippen molar-refractivity contribution in [1.29, 1.82) is 0 Å². The van der Waals surface area contributed by atoms with Crippen molar-refractivity contribution >= 4 is 0 Å². The molecular weight excluding hydrogens is 326 g/mol. The lowest BCUT2D eigenvalue weighted by atomic mass is 9.78. The van der Waals surface area contributed by atoms with E-state index >= 15 is 0 Å².